The Bertz CT molecular complexity index is 412. The van der Waals surface area contributed by atoms with E-state index in [9.17, 15) is 14.4 Å². The molecule has 1 saturated carbocycles. The Hall–Kier alpha value is -1.63. The third-order valence-electron chi connectivity index (χ3n) is 4.24. The average molecular weight is 284 g/mol. The van der Waals surface area contributed by atoms with Crippen molar-refractivity contribution in [3.8, 4) is 0 Å². The van der Waals surface area contributed by atoms with Crippen molar-refractivity contribution in [3.63, 3.8) is 0 Å². The van der Waals surface area contributed by atoms with Gasteiger partial charge in [0, 0.05) is 0 Å². The van der Waals surface area contributed by atoms with Gasteiger partial charge in [0.2, 0.25) is 5.91 Å². The molecule has 7 nitrogen and oxygen atoms in total. The molecule has 0 radical (unpaired) electrons. The molecule has 0 aromatic heterocycles. The average Bonchev–Trinajstić information content (AvgIpc) is 2.99. The molecule has 2 rings (SSSR count). The summed E-state index contributed by atoms with van der Waals surface area (Å²) < 4.78 is 4.44. The molecule has 0 spiro atoms. The number of carbonyl (C=O) groups excluding carboxylic acids is 2. The quantitative estimate of drug-likeness (QED) is 0.588. The number of amides is 1. The SMILES string of the molecule is COC(=O)C[C@H](NC(=O)C1NCC2CCCC21)C(=O)O. The summed E-state index contributed by atoms with van der Waals surface area (Å²) in [6, 6.07) is -1.58. The summed E-state index contributed by atoms with van der Waals surface area (Å²) in [7, 11) is 1.19. The Morgan fingerprint density at radius 2 is 2.15 bits per heavy atom. The van der Waals surface area contributed by atoms with Crippen molar-refractivity contribution in [1.29, 1.82) is 0 Å². The van der Waals surface area contributed by atoms with Crippen LogP contribution in [0.2, 0.25) is 0 Å². The van der Waals surface area contributed by atoms with Crippen molar-refractivity contribution in [2.75, 3.05) is 13.7 Å². The molecule has 4 atom stereocenters. The molecule has 112 valence electrons. The number of esters is 1. The minimum Gasteiger partial charge on any atom is -0.480 e. The maximum atomic E-state index is 12.2. The number of carboxylic acids is 1. The van der Waals surface area contributed by atoms with E-state index >= 15 is 0 Å². The summed E-state index contributed by atoms with van der Waals surface area (Å²) >= 11 is 0. The van der Waals surface area contributed by atoms with Gasteiger partial charge >= 0.3 is 11.9 Å². The molecular formula is C13H20N2O5. The highest BCUT2D eigenvalue weighted by Crippen LogP contribution is 2.37. The lowest BCUT2D eigenvalue weighted by Gasteiger charge is -2.20. The number of hydrogen-bond acceptors (Lipinski definition) is 5. The van der Waals surface area contributed by atoms with Crippen molar-refractivity contribution in [1.82, 2.24) is 10.6 Å². The number of carboxylic acid groups (broad SMARTS) is 1. The first-order valence-electron chi connectivity index (χ1n) is 6.86. The standard InChI is InChI=1S/C13H20N2O5/c1-20-10(16)5-9(13(18)19)15-12(17)11-8-4-2-3-7(8)6-14-11/h7-9,11,14H,2-6H2,1H3,(H,15,17)(H,18,19)/t7?,8?,9-,11?/m0/s1. The minimum atomic E-state index is -1.24. The van der Waals surface area contributed by atoms with Gasteiger partial charge in [-0.15, -0.1) is 0 Å². The molecule has 0 aromatic rings. The summed E-state index contributed by atoms with van der Waals surface area (Å²) in [5, 5.41) is 14.6. The lowest BCUT2D eigenvalue weighted by atomic mass is 9.93. The third kappa shape index (κ3) is 3.09. The fraction of sp³-hybridized carbons (Fsp3) is 0.769. The minimum absolute atomic E-state index is 0.280. The Kier molecular flexibility index (Phi) is 4.59. The van der Waals surface area contributed by atoms with Crippen LogP contribution in [0.1, 0.15) is 25.7 Å². The lowest BCUT2D eigenvalue weighted by Crippen LogP contribution is -2.50. The van der Waals surface area contributed by atoms with Crippen LogP contribution < -0.4 is 10.6 Å². The van der Waals surface area contributed by atoms with Crippen LogP contribution in [0.15, 0.2) is 0 Å². The van der Waals surface area contributed by atoms with Crippen molar-refractivity contribution in [2.24, 2.45) is 11.8 Å². The first-order chi connectivity index (χ1) is 9.52. The normalized spacial score (nSPS) is 29.6. The van der Waals surface area contributed by atoms with E-state index in [0.29, 0.717) is 5.92 Å². The van der Waals surface area contributed by atoms with Crippen LogP contribution >= 0.6 is 0 Å². The second-order valence-electron chi connectivity index (χ2n) is 5.42. The largest absolute Gasteiger partial charge is 0.480 e. The van der Waals surface area contributed by atoms with Crippen LogP contribution in [0.3, 0.4) is 0 Å². The predicted molar refractivity (Wildman–Crippen MR) is 68.8 cm³/mol. The first kappa shape index (κ1) is 14.8. The smallest absolute Gasteiger partial charge is 0.326 e. The molecule has 20 heavy (non-hydrogen) atoms. The Morgan fingerprint density at radius 1 is 1.40 bits per heavy atom. The molecule has 1 heterocycles. The number of aliphatic carboxylic acids is 1. The van der Waals surface area contributed by atoms with Crippen LogP contribution in [0.25, 0.3) is 0 Å². The van der Waals surface area contributed by atoms with Gasteiger partial charge in [-0.25, -0.2) is 4.79 Å². The van der Waals surface area contributed by atoms with Gasteiger partial charge in [-0.3, -0.25) is 9.59 Å². The molecule has 1 saturated heterocycles. The van der Waals surface area contributed by atoms with Crippen molar-refractivity contribution < 1.29 is 24.2 Å². The number of rotatable bonds is 5. The number of carbonyl (C=O) groups is 3. The van der Waals surface area contributed by atoms with Gasteiger partial charge in [-0.05, 0) is 31.2 Å². The van der Waals surface area contributed by atoms with Gasteiger partial charge in [0.1, 0.15) is 6.04 Å². The van der Waals surface area contributed by atoms with Gasteiger partial charge in [0.15, 0.2) is 0 Å². The highest BCUT2D eigenvalue weighted by Gasteiger charge is 2.43. The number of methoxy groups -OCH3 is 1. The highest BCUT2D eigenvalue weighted by atomic mass is 16.5. The topological polar surface area (TPSA) is 105 Å². The number of nitrogens with one attached hydrogen (secondary N) is 2. The zero-order valence-electron chi connectivity index (χ0n) is 11.4. The second-order valence-corrected chi connectivity index (χ2v) is 5.42. The van der Waals surface area contributed by atoms with E-state index in [1.165, 1.54) is 7.11 Å². The fourth-order valence-electron chi connectivity index (χ4n) is 3.19. The monoisotopic (exact) mass is 284 g/mol. The van der Waals surface area contributed by atoms with Crippen molar-refractivity contribution >= 4 is 17.8 Å². The molecule has 0 aromatic carbocycles. The molecule has 3 unspecified atom stereocenters. The predicted octanol–water partition coefficient (Wildman–Crippen LogP) is -0.493. The summed E-state index contributed by atoms with van der Waals surface area (Å²) in [5.41, 5.74) is 0. The summed E-state index contributed by atoms with van der Waals surface area (Å²) in [6.45, 7) is 0.803. The van der Waals surface area contributed by atoms with E-state index in [-0.39, 0.29) is 24.3 Å². The number of ether oxygens (including phenoxy) is 1. The lowest BCUT2D eigenvalue weighted by molar-refractivity contribution is -0.149. The number of fused-ring (bicyclic) bond motifs is 1. The van der Waals surface area contributed by atoms with Gasteiger partial charge in [-0.2, -0.15) is 0 Å². The fourth-order valence-corrected chi connectivity index (χ4v) is 3.19. The van der Waals surface area contributed by atoms with E-state index in [4.69, 9.17) is 5.11 Å². The molecule has 2 fully saturated rings. The first-order valence-corrected chi connectivity index (χ1v) is 6.86. The Balaban J connectivity index is 1.94. The van der Waals surface area contributed by atoms with E-state index in [1.807, 2.05) is 0 Å². The molecule has 1 aliphatic carbocycles. The van der Waals surface area contributed by atoms with Crippen LogP contribution in [-0.4, -0.2) is 48.7 Å². The Labute approximate surface area is 117 Å². The number of hydrogen-bond donors (Lipinski definition) is 3. The van der Waals surface area contributed by atoms with E-state index < -0.39 is 18.0 Å². The van der Waals surface area contributed by atoms with Crippen LogP contribution in [0, 0.1) is 11.8 Å². The van der Waals surface area contributed by atoms with Gasteiger partial charge in [0.25, 0.3) is 0 Å². The van der Waals surface area contributed by atoms with Crippen LogP contribution in [0.5, 0.6) is 0 Å². The van der Waals surface area contributed by atoms with E-state index in [1.54, 1.807) is 0 Å². The van der Waals surface area contributed by atoms with Gasteiger partial charge in [0.05, 0.1) is 19.6 Å². The zero-order chi connectivity index (χ0) is 14.7. The highest BCUT2D eigenvalue weighted by molar-refractivity contribution is 5.89. The molecular weight excluding hydrogens is 264 g/mol. The molecule has 7 heteroatoms. The van der Waals surface area contributed by atoms with E-state index in [2.05, 4.69) is 15.4 Å². The van der Waals surface area contributed by atoms with E-state index in [0.717, 1.165) is 25.8 Å². The summed E-state index contributed by atoms with van der Waals surface area (Å²) in [4.78, 5) is 34.4. The molecule has 2 aliphatic rings. The van der Waals surface area contributed by atoms with Gasteiger partial charge in [-0.1, -0.05) is 6.42 Å². The maximum Gasteiger partial charge on any atom is 0.326 e. The molecule has 0 bridgehead atoms. The van der Waals surface area contributed by atoms with Crippen LogP contribution in [-0.2, 0) is 19.1 Å². The van der Waals surface area contributed by atoms with Gasteiger partial charge < -0.3 is 20.5 Å². The Morgan fingerprint density at radius 3 is 2.80 bits per heavy atom. The molecule has 3 N–H and O–H groups in total. The van der Waals surface area contributed by atoms with Crippen molar-refractivity contribution in [2.45, 2.75) is 37.8 Å². The summed E-state index contributed by atoms with van der Waals surface area (Å²) in [5.74, 6) is -1.44. The van der Waals surface area contributed by atoms with Crippen molar-refractivity contribution in [3.05, 3.63) is 0 Å². The summed E-state index contributed by atoms with van der Waals surface area (Å²) in [6.07, 6.45) is 2.86. The molecule has 1 aliphatic heterocycles. The molecule has 1 amide bonds. The zero-order valence-corrected chi connectivity index (χ0v) is 11.4. The second kappa shape index (κ2) is 6.21. The third-order valence-corrected chi connectivity index (χ3v) is 4.24. The van der Waals surface area contributed by atoms with Crippen LogP contribution in [0.4, 0.5) is 0 Å². The maximum absolute atomic E-state index is 12.2.